The number of amides is 1. The summed E-state index contributed by atoms with van der Waals surface area (Å²) in [5, 5.41) is 6.17. The molecule has 5 nitrogen and oxygen atoms in total. The van der Waals surface area contributed by atoms with Gasteiger partial charge in [-0.3, -0.25) is 9.59 Å². The standard InChI is InChI=1S/C20H19Cl3N2O3S/c21-14-11-16(23)17(12-15(14)22)24-20(29)25-18(26)8-9-19(27)28-10-4-7-13-5-2-1-3-6-13/h1-3,5-6,11-12H,4,7-10H2,(H2,24,25,26,29). The number of anilines is 1. The van der Waals surface area contributed by atoms with Gasteiger partial charge >= 0.3 is 5.97 Å². The molecule has 0 saturated heterocycles. The maximum Gasteiger partial charge on any atom is 0.306 e. The zero-order chi connectivity index (χ0) is 21.2. The molecule has 0 bridgehead atoms. The Hall–Kier alpha value is -1.86. The van der Waals surface area contributed by atoms with Crippen molar-refractivity contribution in [2.24, 2.45) is 0 Å². The molecule has 0 aliphatic rings. The van der Waals surface area contributed by atoms with E-state index in [2.05, 4.69) is 10.6 Å². The summed E-state index contributed by atoms with van der Waals surface area (Å²) in [6.07, 6.45) is 1.47. The summed E-state index contributed by atoms with van der Waals surface area (Å²) in [7, 11) is 0. The number of halogens is 3. The van der Waals surface area contributed by atoms with Crippen molar-refractivity contribution in [2.45, 2.75) is 25.7 Å². The minimum Gasteiger partial charge on any atom is -0.466 e. The van der Waals surface area contributed by atoms with Crippen LogP contribution in [-0.2, 0) is 20.7 Å². The van der Waals surface area contributed by atoms with Crippen LogP contribution in [0.25, 0.3) is 0 Å². The fraction of sp³-hybridized carbons (Fsp3) is 0.250. The monoisotopic (exact) mass is 472 g/mol. The lowest BCUT2D eigenvalue weighted by Crippen LogP contribution is -2.34. The zero-order valence-corrected chi connectivity index (χ0v) is 18.4. The van der Waals surface area contributed by atoms with Gasteiger partial charge in [-0.2, -0.15) is 0 Å². The van der Waals surface area contributed by atoms with Crippen LogP contribution < -0.4 is 10.6 Å². The van der Waals surface area contributed by atoms with E-state index in [1.807, 2.05) is 30.3 Å². The number of thiocarbonyl (C=S) groups is 1. The molecule has 0 unspecified atom stereocenters. The van der Waals surface area contributed by atoms with E-state index in [1.54, 1.807) is 0 Å². The molecule has 2 N–H and O–H groups in total. The maximum atomic E-state index is 11.9. The summed E-state index contributed by atoms with van der Waals surface area (Å²) in [4.78, 5) is 23.7. The number of aryl methyl sites for hydroxylation is 1. The third-order valence-corrected chi connectivity index (χ3v) is 5.02. The molecule has 154 valence electrons. The van der Waals surface area contributed by atoms with Crippen molar-refractivity contribution in [1.82, 2.24) is 5.32 Å². The third kappa shape index (κ3) is 8.58. The molecule has 2 aromatic rings. The van der Waals surface area contributed by atoms with E-state index in [-0.39, 0.29) is 18.0 Å². The van der Waals surface area contributed by atoms with Gasteiger partial charge in [0.1, 0.15) is 0 Å². The second-order valence-corrected chi connectivity index (χ2v) is 7.69. The minimum atomic E-state index is -0.431. The number of nitrogens with one attached hydrogen (secondary N) is 2. The van der Waals surface area contributed by atoms with Gasteiger partial charge in [0.15, 0.2) is 5.11 Å². The van der Waals surface area contributed by atoms with Gasteiger partial charge in [-0.1, -0.05) is 65.1 Å². The molecule has 9 heteroatoms. The van der Waals surface area contributed by atoms with Crippen molar-refractivity contribution >= 4 is 69.7 Å². The lowest BCUT2D eigenvalue weighted by Gasteiger charge is -2.12. The van der Waals surface area contributed by atoms with Crippen LogP contribution >= 0.6 is 47.0 Å². The Kier molecular flexibility index (Phi) is 9.67. The highest BCUT2D eigenvalue weighted by atomic mass is 35.5. The number of esters is 1. The molecule has 2 rings (SSSR count). The first-order valence-electron chi connectivity index (χ1n) is 8.80. The van der Waals surface area contributed by atoms with E-state index in [4.69, 9.17) is 51.8 Å². The summed E-state index contributed by atoms with van der Waals surface area (Å²) in [6, 6.07) is 12.9. The predicted molar refractivity (Wildman–Crippen MR) is 121 cm³/mol. The number of rotatable bonds is 8. The van der Waals surface area contributed by atoms with Crippen molar-refractivity contribution in [1.29, 1.82) is 0 Å². The normalized spacial score (nSPS) is 10.3. The van der Waals surface area contributed by atoms with Gasteiger partial charge in [-0.05, 0) is 42.8 Å². The van der Waals surface area contributed by atoms with Crippen molar-refractivity contribution in [2.75, 3.05) is 11.9 Å². The Morgan fingerprint density at radius 2 is 1.66 bits per heavy atom. The number of hydrogen-bond acceptors (Lipinski definition) is 4. The first kappa shape index (κ1) is 23.4. The van der Waals surface area contributed by atoms with Gasteiger partial charge in [0, 0.05) is 6.42 Å². The fourth-order valence-corrected chi connectivity index (χ4v) is 3.17. The van der Waals surface area contributed by atoms with Crippen LogP contribution in [0.1, 0.15) is 24.8 Å². The molecule has 29 heavy (non-hydrogen) atoms. The number of ether oxygens (including phenoxy) is 1. The van der Waals surface area contributed by atoms with Gasteiger partial charge in [0.25, 0.3) is 0 Å². The molecule has 2 aromatic carbocycles. The van der Waals surface area contributed by atoms with Gasteiger partial charge in [-0.15, -0.1) is 0 Å². The summed E-state index contributed by atoms with van der Waals surface area (Å²) in [5.74, 6) is -0.848. The number of hydrogen-bond donors (Lipinski definition) is 2. The summed E-state index contributed by atoms with van der Waals surface area (Å²) in [6.45, 7) is 0.311. The number of carbonyl (C=O) groups excluding carboxylic acids is 2. The SMILES string of the molecule is O=C(CCC(=O)OCCCc1ccccc1)NC(=S)Nc1cc(Cl)c(Cl)cc1Cl. The Bertz CT molecular complexity index is 879. The Labute approximate surface area is 189 Å². The van der Waals surface area contributed by atoms with Crippen molar-refractivity contribution < 1.29 is 14.3 Å². The Balaban J connectivity index is 1.65. The molecule has 1 amide bonds. The molecule has 0 atom stereocenters. The van der Waals surface area contributed by atoms with Crippen molar-refractivity contribution in [3.05, 3.63) is 63.1 Å². The van der Waals surface area contributed by atoms with E-state index >= 15 is 0 Å². The zero-order valence-electron chi connectivity index (χ0n) is 15.3. The molecule has 0 heterocycles. The molecule has 0 spiro atoms. The molecular weight excluding hydrogens is 455 g/mol. The molecule has 0 aromatic heterocycles. The summed E-state index contributed by atoms with van der Waals surface area (Å²) >= 11 is 22.9. The first-order valence-corrected chi connectivity index (χ1v) is 10.3. The van der Waals surface area contributed by atoms with Gasteiger partial charge in [0.05, 0.1) is 33.8 Å². The van der Waals surface area contributed by atoms with Gasteiger partial charge in [0.2, 0.25) is 5.91 Å². The molecule has 0 aliphatic carbocycles. The lowest BCUT2D eigenvalue weighted by molar-refractivity contribution is -0.145. The molecule has 0 aliphatic heterocycles. The highest BCUT2D eigenvalue weighted by molar-refractivity contribution is 7.80. The van der Waals surface area contributed by atoms with Crippen LogP contribution in [0.2, 0.25) is 15.1 Å². The van der Waals surface area contributed by atoms with E-state index in [9.17, 15) is 9.59 Å². The van der Waals surface area contributed by atoms with Crippen LogP contribution in [0.4, 0.5) is 5.69 Å². The van der Waals surface area contributed by atoms with Gasteiger partial charge < -0.3 is 15.4 Å². The van der Waals surface area contributed by atoms with E-state index in [0.29, 0.717) is 27.4 Å². The third-order valence-electron chi connectivity index (χ3n) is 3.78. The van der Waals surface area contributed by atoms with Crippen molar-refractivity contribution in [3.63, 3.8) is 0 Å². The van der Waals surface area contributed by atoms with Crippen LogP contribution in [0.3, 0.4) is 0 Å². The van der Waals surface area contributed by atoms with Crippen LogP contribution in [0.15, 0.2) is 42.5 Å². The largest absolute Gasteiger partial charge is 0.466 e. The van der Waals surface area contributed by atoms with Crippen LogP contribution in [0.5, 0.6) is 0 Å². The minimum absolute atomic E-state index is 0.0338. The van der Waals surface area contributed by atoms with Crippen molar-refractivity contribution in [3.8, 4) is 0 Å². The highest BCUT2D eigenvalue weighted by Crippen LogP contribution is 2.32. The topological polar surface area (TPSA) is 67.4 Å². The molecule has 0 fully saturated rings. The summed E-state index contributed by atoms with van der Waals surface area (Å²) < 4.78 is 5.14. The smallest absolute Gasteiger partial charge is 0.306 e. The van der Waals surface area contributed by atoms with Gasteiger partial charge in [-0.25, -0.2) is 0 Å². The van der Waals surface area contributed by atoms with E-state index in [1.165, 1.54) is 17.7 Å². The Morgan fingerprint density at radius 3 is 2.38 bits per heavy atom. The summed E-state index contributed by atoms with van der Waals surface area (Å²) in [5.41, 5.74) is 1.59. The second kappa shape index (κ2) is 12.0. The predicted octanol–water partition coefficient (Wildman–Crippen LogP) is 5.42. The van der Waals surface area contributed by atoms with Crippen LogP contribution in [-0.4, -0.2) is 23.6 Å². The Morgan fingerprint density at radius 1 is 0.966 bits per heavy atom. The van der Waals surface area contributed by atoms with Crippen LogP contribution in [0, 0.1) is 0 Å². The van der Waals surface area contributed by atoms with E-state index < -0.39 is 11.9 Å². The molecule has 0 radical (unpaired) electrons. The highest BCUT2D eigenvalue weighted by Gasteiger charge is 2.12. The van der Waals surface area contributed by atoms with E-state index in [0.717, 1.165) is 12.8 Å². The number of carbonyl (C=O) groups is 2. The fourth-order valence-electron chi connectivity index (χ4n) is 2.36. The quantitative estimate of drug-likeness (QED) is 0.232. The first-order chi connectivity index (χ1) is 13.8. The average molecular weight is 474 g/mol. The second-order valence-electron chi connectivity index (χ2n) is 6.06. The number of benzene rings is 2. The lowest BCUT2D eigenvalue weighted by atomic mass is 10.1. The average Bonchev–Trinajstić information content (AvgIpc) is 2.68. The molecular formula is C20H19Cl3N2O3S. The maximum absolute atomic E-state index is 11.9. The molecule has 0 saturated carbocycles.